The number of hydrogen-bond acceptors (Lipinski definition) is 2. The summed E-state index contributed by atoms with van der Waals surface area (Å²) >= 11 is 0. The SMILES string of the molecule is CCCCCC1=CC(C)(CCCCC)P(=O)(c2ccc(C)cc2)O1. The van der Waals surface area contributed by atoms with Crippen LogP contribution < -0.4 is 5.30 Å². The zero-order valence-corrected chi connectivity index (χ0v) is 16.7. The Labute approximate surface area is 148 Å². The molecule has 1 heterocycles. The van der Waals surface area contributed by atoms with Gasteiger partial charge in [-0.3, -0.25) is 4.57 Å². The molecule has 1 aliphatic heterocycles. The van der Waals surface area contributed by atoms with Gasteiger partial charge >= 0.3 is 0 Å². The van der Waals surface area contributed by atoms with Crippen LogP contribution in [-0.2, 0) is 9.09 Å². The summed E-state index contributed by atoms with van der Waals surface area (Å²) in [5.74, 6) is 0.950. The first-order valence-corrected chi connectivity index (χ1v) is 11.2. The minimum absolute atomic E-state index is 0.362. The summed E-state index contributed by atoms with van der Waals surface area (Å²) in [6.07, 6.45) is 11.0. The van der Waals surface area contributed by atoms with Gasteiger partial charge in [0.05, 0.1) is 5.16 Å². The van der Waals surface area contributed by atoms with E-state index in [1.54, 1.807) is 0 Å². The second-order valence-corrected chi connectivity index (χ2v) is 10.2. The molecule has 0 aliphatic carbocycles. The first-order chi connectivity index (χ1) is 11.4. The van der Waals surface area contributed by atoms with Crippen LogP contribution in [-0.4, -0.2) is 5.16 Å². The molecule has 0 fully saturated rings. The van der Waals surface area contributed by atoms with Crippen molar-refractivity contribution in [3.63, 3.8) is 0 Å². The smallest absolute Gasteiger partial charge is 0.286 e. The van der Waals surface area contributed by atoms with E-state index in [2.05, 4.69) is 33.8 Å². The number of aryl methyl sites for hydroxylation is 1. The molecular weight excluding hydrogens is 315 g/mol. The third-order valence-electron chi connectivity index (χ3n) is 5.08. The molecule has 2 rings (SSSR count). The quantitative estimate of drug-likeness (QED) is 0.365. The lowest BCUT2D eigenvalue weighted by atomic mass is 10.0. The molecule has 134 valence electrons. The van der Waals surface area contributed by atoms with Crippen LogP contribution in [0, 0.1) is 6.92 Å². The predicted octanol–water partition coefficient (Wildman–Crippen LogP) is 6.73. The maximum atomic E-state index is 13.9. The molecule has 1 aromatic carbocycles. The predicted molar refractivity (Wildman–Crippen MR) is 104 cm³/mol. The Kier molecular flexibility index (Phi) is 6.75. The van der Waals surface area contributed by atoms with Gasteiger partial charge in [-0.25, -0.2) is 0 Å². The molecule has 0 radical (unpaired) electrons. The lowest BCUT2D eigenvalue weighted by molar-refractivity contribution is 0.395. The van der Waals surface area contributed by atoms with Gasteiger partial charge in [-0.15, -0.1) is 0 Å². The Balaban J connectivity index is 2.26. The number of allylic oxidation sites excluding steroid dienone is 2. The van der Waals surface area contributed by atoms with E-state index in [1.807, 2.05) is 24.3 Å². The normalized spacial score (nSPS) is 26.2. The van der Waals surface area contributed by atoms with E-state index >= 15 is 0 Å². The van der Waals surface area contributed by atoms with Gasteiger partial charge in [0.2, 0.25) is 0 Å². The average molecular weight is 348 g/mol. The maximum absolute atomic E-state index is 13.9. The van der Waals surface area contributed by atoms with E-state index in [9.17, 15) is 4.57 Å². The van der Waals surface area contributed by atoms with Crippen LogP contribution >= 0.6 is 7.37 Å². The second-order valence-electron chi connectivity index (χ2n) is 7.36. The maximum Gasteiger partial charge on any atom is 0.286 e. The summed E-state index contributed by atoms with van der Waals surface area (Å²) in [5.41, 5.74) is 1.19. The molecule has 2 atom stereocenters. The van der Waals surface area contributed by atoms with Gasteiger partial charge in [0.25, 0.3) is 7.37 Å². The highest BCUT2D eigenvalue weighted by atomic mass is 31.2. The molecule has 0 bridgehead atoms. The van der Waals surface area contributed by atoms with E-state index in [0.29, 0.717) is 0 Å². The Bertz CT molecular complexity index is 603. The minimum Gasteiger partial charge on any atom is -0.444 e. The van der Waals surface area contributed by atoms with Crippen LogP contribution in [0.5, 0.6) is 0 Å². The van der Waals surface area contributed by atoms with Crippen molar-refractivity contribution in [1.82, 2.24) is 0 Å². The van der Waals surface area contributed by atoms with Crippen molar-refractivity contribution in [3.05, 3.63) is 41.7 Å². The van der Waals surface area contributed by atoms with Gasteiger partial charge in [0.15, 0.2) is 0 Å². The first-order valence-electron chi connectivity index (χ1n) is 9.54. The molecule has 0 saturated heterocycles. The molecule has 1 aromatic rings. The summed E-state index contributed by atoms with van der Waals surface area (Å²) in [5, 5.41) is 0.507. The molecule has 0 spiro atoms. The monoisotopic (exact) mass is 348 g/mol. The van der Waals surface area contributed by atoms with Crippen molar-refractivity contribution < 1.29 is 9.09 Å². The first kappa shape index (κ1) is 19.3. The Morgan fingerprint density at radius 3 is 2.25 bits per heavy atom. The van der Waals surface area contributed by atoms with Crippen LogP contribution in [0.2, 0.25) is 0 Å². The van der Waals surface area contributed by atoms with Crippen LogP contribution in [0.25, 0.3) is 0 Å². The lowest BCUT2D eigenvalue weighted by Crippen LogP contribution is -2.25. The van der Waals surface area contributed by atoms with Crippen LogP contribution in [0.4, 0.5) is 0 Å². The van der Waals surface area contributed by atoms with E-state index in [1.165, 1.54) is 31.2 Å². The summed E-state index contributed by atoms with van der Waals surface area (Å²) in [4.78, 5) is 0. The van der Waals surface area contributed by atoms with Gasteiger partial charge in [-0.05, 0) is 44.9 Å². The number of unbranched alkanes of at least 4 members (excludes halogenated alkanes) is 4. The highest BCUT2D eigenvalue weighted by molar-refractivity contribution is 7.69. The molecule has 3 heteroatoms. The largest absolute Gasteiger partial charge is 0.444 e. The molecule has 0 amide bonds. The molecule has 24 heavy (non-hydrogen) atoms. The number of rotatable bonds is 9. The molecule has 0 N–H and O–H groups in total. The van der Waals surface area contributed by atoms with Crippen LogP contribution in [0.3, 0.4) is 0 Å². The molecule has 0 saturated carbocycles. The molecule has 0 aromatic heterocycles. The fourth-order valence-electron chi connectivity index (χ4n) is 3.44. The van der Waals surface area contributed by atoms with Crippen molar-refractivity contribution in [2.75, 3.05) is 0 Å². The van der Waals surface area contributed by atoms with Gasteiger partial charge in [-0.1, -0.05) is 63.6 Å². The van der Waals surface area contributed by atoms with Crippen molar-refractivity contribution in [3.8, 4) is 0 Å². The van der Waals surface area contributed by atoms with Gasteiger partial charge in [-0.2, -0.15) is 0 Å². The molecular formula is C21H33O2P. The topological polar surface area (TPSA) is 26.3 Å². The summed E-state index contributed by atoms with van der Waals surface area (Å²) < 4.78 is 20.1. The number of hydrogen-bond donors (Lipinski definition) is 0. The zero-order chi connectivity index (χ0) is 17.6. The Morgan fingerprint density at radius 2 is 1.62 bits per heavy atom. The van der Waals surface area contributed by atoms with Crippen LogP contribution in [0.15, 0.2) is 36.1 Å². The fraction of sp³-hybridized carbons (Fsp3) is 0.619. The third-order valence-corrected chi connectivity index (χ3v) is 8.24. The van der Waals surface area contributed by atoms with Crippen molar-refractivity contribution in [2.24, 2.45) is 0 Å². The van der Waals surface area contributed by atoms with E-state index in [-0.39, 0.29) is 5.16 Å². The van der Waals surface area contributed by atoms with E-state index in [4.69, 9.17) is 4.52 Å². The van der Waals surface area contributed by atoms with Crippen molar-refractivity contribution in [2.45, 2.75) is 84.2 Å². The minimum atomic E-state index is -2.90. The Hall–Kier alpha value is -1.01. The summed E-state index contributed by atoms with van der Waals surface area (Å²) in [6, 6.07) is 8.08. The van der Waals surface area contributed by atoms with Gasteiger partial charge in [0, 0.05) is 11.7 Å². The van der Waals surface area contributed by atoms with Crippen LogP contribution in [0.1, 0.15) is 77.7 Å². The van der Waals surface area contributed by atoms with E-state index < -0.39 is 7.37 Å². The fourth-order valence-corrected chi connectivity index (χ4v) is 6.12. The van der Waals surface area contributed by atoms with Gasteiger partial charge in [0.1, 0.15) is 5.76 Å². The van der Waals surface area contributed by atoms with Crippen molar-refractivity contribution in [1.29, 1.82) is 0 Å². The van der Waals surface area contributed by atoms with Gasteiger partial charge < -0.3 is 4.52 Å². The third kappa shape index (κ3) is 4.14. The lowest BCUT2D eigenvalue weighted by Gasteiger charge is -2.29. The van der Waals surface area contributed by atoms with E-state index in [0.717, 1.165) is 36.7 Å². The zero-order valence-electron chi connectivity index (χ0n) is 15.8. The second kappa shape index (κ2) is 8.39. The van der Waals surface area contributed by atoms with Crippen molar-refractivity contribution >= 4 is 12.7 Å². The summed E-state index contributed by atoms with van der Waals surface area (Å²) in [6.45, 7) is 8.61. The highest BCUT2D eigenvalue weighted by Crippen LogP contribution is 2.66. The molecule has 2 unspecified atom stereocenters. The molecule has 2 nitrogen and oxygen atoms in total. The standard InChI is InChI=1S/C21H33O2P/c1-5-7-9-11-19-17-21(4,16-10-8-6-2)24(22,23-19)20-14-12-18(3)13-15-20/h12-15,17H,5-11,16H2,1-4H3. The highest BCUT2D eigenvalue weighted by Gasteiger charge is 2.50. The average Bonchev–Trinajstić information content (AvgIpc) is 2.80. The summed E-state index contributed by atoms with van der Waals surface area (Å²) in [7, 11) is -2.90. The Morgan fingerprint density at radius 1 is 1.00 bits per heavy atom. The number of benzene rings is 1. The molecule has 1 aliphatic rings.